The van der Waals surface area contributed by atoms with Gasteiger partial charge in [0.1, 0.15) is 16.9 Å². The molecule has 5 aliphatic rings. The van der Waals surface area contributed by atoms with E-state index in [1.807, 2.05) is 0 Å². The van der Waals surface area contributed by atoms with Crippen molar-refractivity contribution in [3.05, 3.63) is 39.7 Å². The van der Waals surface area contributed by atoms with Crippen LogP contribution in [0.3, 0.4) is 0 Å². The Labute approximate surface area is 271 Å². The van der Waals surface area contributed by atoms with Crippen LogP contribution in [0.4, 0.5) is 0 Å². The number of hydrogen-bond acceptors (Lipinski definition) is 12. The third-order valence-corrected chi connectivity index (χ3v) is 13.1. The fourth-order valence-electron chi connectivity index (χ4n) is 8.71. The number of aliphatic hydroxyl groups is 1. The van der Waals surface area contributed by atoms with E-state index in [1.165, 1.54) is 6.07 Å². The molecule has 47 heavy (non-hydrogen) atoms. The number of benzene rings is 1. The number of rotatable bonds is 5. The molecule has 2 saturated heterocycles. The molecule has 2 aromatic rings. The van der Waals surface area contributed by atoms with Crippen LogP contribution in [-0.4, -0.2) is 51.9 Å². The highest BCUT2D eigenvalue weighted by atomic mass is 16.7. The molecule has 12 nitrogen and oxygen atoms in total. The second kappa shape index (κ2) is 9.15. The van der Waals surface area contributed by atoms with E-state index in [-0.39, 0.29) is 35.3 Å². The molecule has 0 radical (unpaired) electrons. The average Bonchev–Trinajstić information content (AvgIpc) is 3.46. The van der Waals surface area contributed by atoms with Crippen LogP contribution >= 0.6 is 0 Å². The second-order valence-corrected chi connectivity index (χ2v) is 15.8. The molecule has 4 unspecified atom stereocenters. The molecule has 12 heteroatoms. The molecule has 252 valence electrons. The average molecular weight is 653 g/mol. The lowest BCUT2D eigenvalue weighted by Crippen LogP contribution is -2.57. The number of hydrogen-bond donors (Lipinski definition) is 1. The van der Waals surface area contributed by atoms with Crippen molar-refractivity contribution in [2.24, 2.45) is 21.7 Å². The van der Waals surface area contributed by atoms with Gasteiger partial charge in [-0.3, -0.25) is 9.59 Å². The normalized spacial score (nSPS) is 36.8. The Morgan fingerprint density at radius 3 is 1.79 bits per heavy atom. The number of esters is 4. The molecule has 6 atom stereocenters. The maximum Gasteiger partial charge on any atom is 0.351 e. The molecular weight excluding hydrogens is 612 g/mol. The molecule has 4 fully saturated rings. The van der Waals surface area contributed by atoms with E-state index in [1.54, 1.807) is 67.5 Å². The Hall–Kier alpha value is -3.93. The van der Waals surface area contributed by atoms with E-state index in [2.05, 4.69) is 0 Å². The smallest absolute Gasteiger partial charge is 0.351 e. The largest absolute Gasteiger partial charge is 0.483 e. The minimum absolute atomic E-state index is 0.00900. The summed E-state index contributed by atoms with van der Waals surface area (Å²) in [5, 5.41) is 10.1. The van der Waals surface area contributed by atoms with Gasteiger partial charge in [0.2, 0.25) is 11.2 Å². The van der Waals surface area contributed by atoms with E-state index < -0.39 is 86.8 Å². The lowest BCUT2D eigenvalue weighted by atomic mass is 9.66. The Balaban J connectivity index is 1.37. The van der Waals surface area contributed by atoms with Gasteiger partial charge in [-0.1, -0.05) is 27.7 Å². The molecule has 0 spiro atoms. The van der Waals surface area contributed by atoms with Crippen LogP contribution in [0.5, 0.6) is 5.75 Å². The van der Waals surface area contributed by atoms with Crippen LogP contribution < -0.4 is 10.4 Å². The van der Waals surface area contributed by atoms with Gasteiger partial charge in [0.15, 0.2) is 12.2 Å². The number of carbonyl (C=O) groups is 4. The first kappa shape index (κ1) is 31.7. The summed E-state index contributed by atoms with van der Waals surface area (Å²) >= 11 is 0. The van der Waals surface area contributed by atoms with Crippen molar-refractivity contribution < 1.29 is 52.4 Å². The van der Waals surface area contributed by atoms with Gasteiger partial charge in [0.25, 0.3) is 0 Å². The van der Waals surface area contributed by atoms with Crippen molar-refractivity contribution in [3.63, 3.8) is 0 Å². The van der Waals surface area contributed by atoms with E-state index >= 15 is 0 Å². The van der Waals surface area contributed by atoms with Gasteiger partial charge in [-0.25, -0.2) is 14.4 Å². The second-order valence-electron chi connectivity index (χ2n) is 15.8. The molecule has 4 heterocycles. The first-order valence-corrected chi connectivity index (χ1v) is 16.0. The van der Waals surface area contributed by atoms with E-state index in [9.17, 15) is 29.1 Å². The zero-order valence-electron chi connectivity index (χ0n) is 27.9. The topological polar surface area (TPSA) is 165 Å². The van der Waals surface area contributed by atoms with E-state index in [0.717, 1.165) is 0 Å². The maximum absolute atomic E-state index is 14.4. The van der Waals surface area contributed by atoms with Gasteiger partial charge in [-0.2, -0.15) is 0 Å². The summed E-state index contributed by atoms with van der Waals surface area (Å²) in [5.41, 5.74) is -8.90. The molecule has 1 aromatic carbocycles. The Kier molecular flexibility index (Phi) is 6.16. The molecule has 2 aliphatic carbocycles. The van der Waals surface area contributed by atoms with Crippen LogP contribution in [0.1, 0.15) is 98.3 Å². The highest BCUT2D eigenvalue weighted by Gasteiger charge is 2.78. The predicted octanol–water partition coefficient (Wildman–Crippen LogP) is 4.20. The van der Waals surface area contributed by atoms with Crippen molar-refractivity contribution in [3.8, 4) is 5.75 Å². The van der Waals surface area contributed by atoms with Gasteiger partial charge in [0.05, 0.1) is 28.6 Å². The van der Waals surface area contributed by atoms with Gasteiger partial charge in [-0.05, 0) is 71.6 Å². The number of carbonyl (C=O) groups excluding carboxylic acids is 4. The fraction of sp³-hybridized carbons (Fsp3) is 0.629. The zero-order chi connectivity index (χ0) is 34.3. The summed E-state index contributed by atoms with van der Waals surface area (Å²) in [7, 11) is 0. The monoisotopic (exact) mass is 652 g/mol. The first-order valence-electron chi connectivity index (χ1n) is 16.0. The van der Waals surface area contributed by atoms with Gasteiger partial charge >= 0.3 is 29.5 Å². The van der Waals surface area contributed by atoms with E-state index in [0.29, 0.717) is 18.2 Å². The van der Waals surface area contributed by atoms with Crippen molar-refractivity contribution in [2.75, 3.05) is 0 Å². The van der Waals surface area contributed by atoms with Crippen molar-refractivity contribution in [1.29, 1.82) is 0 Å². The minimum Gasteiger partial charge on any atom is -0.483 e. The number of aliphatic hydroxyl groups excluding tert-OH is 1. The van der Waals surface area contributed by atoms with Gasteiger partial charge in [0, 0.05) is 16.2 Å². The summed E-state index contributed by atoms with van der Waals surface area (Å²) in [6, 6.07) is 4.72. The molecule has 1 N–H and O–H groups in total. The first-order chi connectivity index (χ1) is 21.7. The summed E-state index contributed by atoms with van der Waals surface area (Å²) in [6.07, 6.45) is -1.47. The highest BCUT2D eigenvalue weighted by molar-refractivity contribution is 5.95. The molecule has 3 aliphatic heterocycles. The van der Waals surface area contributed by atoms with Gasteiger partial charge in [-0.15, -0.1) is 0 Å². The van der Waals surface area contributed by atoms with Crippen LogP contribution in [0, 0.1) is 21.7 Å². The standard InChI is InChI=1S/C35H40O12/c1-29(2)23(44-28(41)35-14-12-33(8,26(39)47-35)31(35,5)6)22(43-27(40)34-13-11-32(7,25(38)46-34)30(34,3)4)20-19(45-29)10-9-17-15-18(16-36)24(37)42-21(17)20/h9-10,15,22-23,36H,11-14,16H2,1-8H3/t22-,23-,32?,33?,34?,35?/m1/s1. The minimum atomic E-state index is -1.62. The molecule has 0 amide bonds. The number of ether oxygens (including phenoxy) is 5. The van der Waals surface area contributed by atoms with Crippen molar-refractivity contribution in [2.45, 2.75) is 117 Å². The Bertz CT molecular complexity index is 1850. The van der Waals surface area contributed by atoms with Crippen LogP contribution in [0.2, 0.25) is 0 Å². The third kappa shape index (κ3) is 3.54. The fourth-order valence-corrected chi connectivity index (χ4v) is 8.71. The summed E-state index contributed by atoms with van der Waals surface area (Å²) in [4.78, 5) is 67.7. The summed E-state index contributed by atoms with van der Waals surface area (Å²) < 4.78 is 36.3. The predicted molar refractivity (Wildman–Crippen MR) is 162 cm³/mol. The van der Waals surface area contributed by atoms with Crippen molar-refractivity contribution in [1.82, 2.24) is 0 Å². The Morgan fingerprint density at radius 2 is 1.32 bits per heavy atom. The lowest BCUT2D eigenvalue weighted by Gasteiger charge is -2.45. The van der Waals surface area contributed by atoms with Crippen LogP contribution in [0.25, 0.3) is 11.0 Å². The SMILES string of the molecule is CC1(C)Oc2ccc3cc(CO)c(=O)oc3c2[C@@H](OC(=O)C23CCC(C)(C(=O)O2)C3(C)C)[C@H]1OC(=O)C12CCC(C)(C(=O)O1)C2(C)C. The van der Waals surface area contributed by atoms with Crippen molar-refractivity contribution >= 4 is 34.8 Å². The molecular formula is C35H40O12. The molecule has 2 saturated carbocycles. The third-order valence-electron chi connectivity index (χ3n) is 13.1. The quantitative estimate of drug-likeness (QED) is 0.279. The summed E-state index contributed by atoms with van der Waals surface area (Å²) in [5.74, 6) is -2.42. The molecule has 4 bridgehead atoms. The molecule has 7 rings (SSSR count). The number of fused-ring (bicyclic) bond motifs is 7. The zero-order valence-corrected chi connectivity index (χ0v) is 27.9. The Morgan fingerprint density at radius 1 is 0.787 bits per heavy atom. The van der Waals surface area contributed by atoms with Gasteiger partial charge < -0.3 is 33.2 Å². The van der Waals surface area contributed by atoms with E-state index in [4.69, 9.17) is 28.1 Å². The summed E-state index contributed by atoms with van der Waals surface area (Å²) in [6.45, 7) is 13.5. The highest BCUT2D eigenvalue weighted by Crippen LogP contribution is 2.67. The maximum atomic E-state index is 14.4. The molecule has 1 aromatic heterocycles. The van der Waals surface area contributed by atoms with Crippen LogP contribution in [-0.2, 0) is 44.7 Å². The van der Waals surface area contributed by atoms with Crippen LogP contribution in [0.15, 0.2) is 27.4 Å². The lowest BCUT2D eigenvalue weighted by molar-refractivity contribution is -0.217.